The summed E-state index contributed by atoms with van der Waals surface area (Å²) in [5.74, 6) is -0.417. The molecule has 1 aliphatic heterocycles. The Kier molecular flexibility index (Phi) is 5.37. The van der Waals surface area contributed by atoms with Gasteiger partial charge in [0.05, 0.1) is 11.8 Å². The van der Waals surface area contributed by atoms with Crippen LogP contribution in [0.5, 0.6) is 0 Å². The quantitative estimate of drug-likeness (QED) is 0.557. The van der Waals surface area contributed by atoms with Gasteiger partial charge in [-0.3, -0.25) is 19.3 Å². The number of amides is 3. The van der Waals surface area contributed by atoms with Crippen LogP contribution in [0, 0.1) is 11.8 Å². The van der Waals surface area contributed by atoms with E-state index in [-0.39, 0.29) is 42.5 Å². The van der Waals surface area contributed by atoms with Crippen LogP contribution in [0.15, 0.2) is 12.2 Å². The van der Waals surface area contributed by atoms with Gasteiger partial charge in [-0.05, 0) is 26.7 Å². The number of fused-ring (bicyclic) bond motifs is 1. The van der Waals surface area contributed by atoms with E-state index in [1.165, 1.54) is 4.90 Å². The molecule has 1 saturated heterocycles. The summed E-state index contributed by atoms with van der Waals surface area (Å²) in [6.45, 7) is 8.98. The molecular formula is C17H26N2O3. The molecule has 0 spiro atoms. The molecule has 5 nitrogen and oxygen atoms in total. The smallest absolute Gasteiger partial charge is 0.233 e. The first-order chi connectivity index (χ1) is 10.5. The minimum Gasteiger partial charge on any atom is -0.339 e. The van der Waals surface area contributed by atoms with Crippen LogP contribution < -0.4 is 0 Å². The predicted octanol–water partition coefficient (Wildman–Crippen LogP) is 1.98. The largest absolute Gasteiger partial charge is 0.339 e. The lowest BCUT2D eigenvalue weighted by atomic mass is 9.81. The van der Waals surface area contributed by atoms with Crippen LogP contribution in [0.1, 0.15) is 46.0 Å². The molecule has 1 heterocycles. The Morgan fingerprint density at radius 3 is 2.23 bits per heavy atom. The molecule has 1 aliphatic carbocycles. The van der Waals surface area contributed by atoms with Crippen LogP contribution in [0.2, 0.25) is 0 Å². The Bertz CT molecular complexity index is 462. The maximum absolute atomic E-state index is 12.3. The number of carbonyl (C=O) groups is 3. The van der Waals surface area contributed by atoms with Gasteiger partial charge >= 0.3 is 0 Å². The molecular weight excluding hydrogens is 280 g/mol. The number of rotatable bonds is 6. The molecule has 3 amide bonds. The second kappa shape index (κ2) is 7.07. The molecule has 2 aliphatic rings. The van der Waals surface area contributed by atoms with Gasteiger partial charge in [0.2, 0.25) is 17.7 Å². The third kappa shape index (κ3) is 3.39. The van der Waals surface area contributed by atoms with E-state index in [1.54, 1.807) is 4.90 Å². The zero-order valence-corrected chi connectivity index (χ0v) is 13.6. The van der Waals surface area contributed by atoms with Crippen molar-refractivity contribution in [1.29, 1.82) is 0 Å². The number of nitrogens with zero attached hydrogens (tertiary/aromatic N) is 2. The normalized spacial score (nSPS) is 24.4. The van der Waals surface area contributed by atoms with Crippen molar-refractivity contribution in [3.63, 3.8) is 0 Å². The predicted molar refractivity (Wildman–Crippen MR) is 83.9 cm³/mol. The minimum atomic E-state index is -0.131. The van der Waals surface area contributed by atoms with Crippen LogP contribution in [-0.4, -0.2) is 47.2 Å². The lowest BCUT2D eigenvalue weighted by Gasteiger charge is -2.22. The van der Waals surface area contributed by atoms with E-state index in [1.807, 2.05) is 13.8 Å². The Hall–Kier alpha value is -1.65. The summed E-state index contributed by atoms with van der Waals surface area (Å²) in [6.07, 6.45) is 3.88. The van der Waals surface area contributed by atoms with E-state index in [0.717, 1.165) is 31.3 Å². The number of imide groups is 1. The average molecular weight is 306 g/mol. The molecule has 2 atom stereocenters. The van der Waals surface area contributed by atoms with Gasteiger partial charge in [0.15, 0.2) is 0 Å². The van der Waals surface area contributed by atoms with Crippen molar-refractivity contribution in [2.24, 2.45) is 11.8 Å². The first-order valence-corrected chi connectivity index (χ1v) is 8.23. The van der Waals surface area contributed by atoms with Crippen molar-refractivity contribution in [3.8, 4) is 0 Å². The molecule has 5 heteroatoms. The molecule has 22 heavy (non-hydrogen) atoms. The average Bonchev–Trinajstić information content (AvgIpc) is 2.74. The van der Waals surface area contributed by atoms with Gasteiger partial charge in [0.25, 0.3) is 0 Å². The SMILES string of the molecule is C=C(C)CN(CC)C(=O)CCN1C(=O)C2CCCCC2C1=O. The van der Waals surface area contributed by atoms with Gasteiger partial charge in [-0.25, -0.2) is 0 Å². The maximum atomic E-state index is 12.3. The second-order valence-electron chi connectivity index (χ2n) is 6.44. The molecule has 2 unspecified atom stereocenters. The third-order valence-electron chi connectivity index (χ3n) is 4.68. The van der Waals surface area contributed by atoms with E-state index in [2.05, 4.69) is 6.58 Å². The van der Waals surface area contributed by atoms with Gasteiger partial charge in [0, 0.05) is 26.1 Å². The first-order valence-electron chi connectivity index (χ1n) is 8.23. The summed E-state index contributed by atoms with van der Waals surface area (Å²) in [7, 11) is 0. The Morgan fingerprint density at radius 1 is 1.23 bits per heavy atom. The molecule has 0 bridgehead atoms. The molecule has 0 aromatic rings. The van der Waals surface area contributed by atoms with Crippen LogP contribution >= 0.6 is 0 Å². The number of hydrogen-bond acceptors (Lipinski definition) is 3. The highest BCUT2D eigenvalue weighted by Crippen LogP contribution is 2.37. The maximum Gasteiger partial charge on any atom is 0.233 e. The topological polar surface area (TPSA) is 57.7 Å². The van der Waals surface area contributed by atoms with E-state index >= 15 is 0 Å². The van der Waals surface area contributed by atoms with Crippen molar-refractivity contribution in [2.45, 2.75) is 46.0 Å². The molecule has 122 valence electrons. The molecule has 2 fully saturated rings. The number of likely N-dealkylation sites (N-methyl/N-ethyl adjacent to an activating group) is 1. The van der Waals surface area contributed by atoms with Crippen LogP contribution in [0.3, 0.4) is 0 Å². The van der Waals surface area contributed by atoms with Crippen molar-refractivity contribution >= 4 is 17.7 Å². The van der Waals surface area contributed by atoms with Crippen LogP contribution in [0.4, 0.5) is 0 Å². The Morgan fingerprint density at radius 2 is 1.77 bits per heavy atom. The molecule has 0 aromatic carbocycles. The fourth-order valence-electron chi connectivity index (χ4n) is 3.52. The molecule has 0 N–H and O–H groups in total. The summed E-state index contributed by atoms with van der Waals surface area (Å²) >= 11 is 0. The molecule has 1 saturated carbocycles. The van der Waals surface area contributed by atoms with E-state index in [4.69, 9.17) is 0 Å². The molecule has 2 rings (SSSR count). The van der Waals surface area contributed by atoms with Gasteiger partial charge in [0.1, 0.15) is 0 Å². The number of carbonyl (C=O) groups excluding carboxylic acids is 3. The van der Waals surface area contributed by atoms with Crippen molar-refractivity contribution < 1.29 is 14.4 Å². The molecule has 0 aromatic heterocycles. The van der Waals surface area contributed by atoms with E-state index < -0.39 is 0 Å². The highest BCUT2D eigenvalue weighted by molar-refractivity contribution is 6.05. The fraction of sp³-hybridized carbons (Fsp3) is 0.706. The standard InChI is InChI=1S/C17H26N2O3/c1-4-18(11-12(2)3)15(20)9-10-19-16(21)13-7-5-6-8-14(13)17(19)22/h13-14H,2,4-11H2,1,3H3. The van der Waals surface area contributed by atoms with Crippen molar-refractivity contribution in [1.82, 2.24) is 9.80 Å². The van der Waals surface area contributed by atoms with E-state index in [9.17, 15) is 14.4 Å². The Balaban J connectivity index is 1.93. The highest BCUT2D eigenvalue weighted by atomic mass is 16.2. The summed E-state index contributed by atoms with van der Waals surface area (Å²) in [6, 6.07) is 0. The lowest BCUT2D eigenvalue weighted by molar-refractivity contribution is -0.140. The zero-order valence-electron chi connectivity index (χ0n) is 13.6. The summed E-state index contributed by atoms with van der Waals surface area (Å²) in [5, 5.41) is 0. The Labute approximate surface area is 132 Å². The fourth-order valence-corrected chi connectivity index (χ4v) is 3.52. The third-order valence-corrected chi connectivity index (χ3v) is 4.68. The number of hydrogen-bond donors (Lipinski definition) is 0. The van der Waals surface area contributed by atoms with Crippen molar-refractivity contribution in [2.75, 3.05) is 19.6 Å². The minimum absolute atomic E-state index is 0.0269. The highest BCUT2D eigenvalue weighted by Gasteiger charge is 2.47. The van der Waals surface area contributed by atoms with Crippen LogP contribution in [-0.2, 0) is 14.4 Å². The van der Waals surface area contributed by atoms with E-state index in [0.29, 0.717) is 13.1 Å². The summed E-state index contributed by atoms with van der Waals surface area (Å²) in [4.78, 5) is 40.0. The van der Waals surface area contributed by atoms with Crippen LogP contribution in [0.25, 0.3) is 0 Å². The van der Waals surface area contributed by atoms with Gasteiger partial charge in [-0.2, -0.15) is 0 Å². The monoisotopic (exact) mass is 306 g/mol. The summed E-state index contributed by atoms with van der Waals surface area (Å²) < 4.78 is 0. The summed E-state index contributed by atoms with van der Waals surface area (Å²) in [5.41, 5.74) is 0.926. The number of likely N-dealkylation sites (tertiary alicyclic amines) is 1. The first kappa shape index (κ1) is 16.7. The zero-order chi connectivity index (χ0) is 16.3. The van der Waals surface area contributed by atoms with Gasteiger partial charge < -0.3 is 4.90 Å². The van der Waals surface area contributed by atoms with Crippen molar-refractivity contribution in [3.05, 3.63) is 12.2 Å². The lowest BCUT2D eigenvalue weighted by Crippen LogP contribution is -2.37. The van der Waals surface area contributed by atoms with Gasteiger partial charge in [-0.15, -0.1) is 0 Å². The molecule has 0 radical (unpaired) electrons. The second-order valence-corrected chi connectivity index (χ2v) is 6.44. The van der Waals surface area contributed by atoms with Gasteiger partial charge in [-0.1, -0.05) is 25.0 Å².